The summed E-state index contributed by atoms with van der Waals surface area (Å²) in [4.78, 5) is 11.9. The second kappa shape index (κ2) is 5.21. The van der Waals surface area contributed by atoms with Crippen LogP contribution in [0.3, 0.4) is 0 Å². The van der Waals surface area contributed by atoms with Crippen molar-refractivity contribution in [1.29, 1.82) is 0 Å². The molecule has 0 aromatic heterocycles. The molecule has 22 heavy (non-hydrogen) atoms. The number of rotatable bonds is 1. The number of hydrogen-bond donors (Lipinski definition) is 0. The van der Waals surface area contributed by atoms with Crippen LogP contribution in [-0.2, 0) is 4.79 Å². The molecule has 4 aliphatic carbocycles. The molecule has 4 aliphatic rings. The Hall–Kier alpha value is -0.590. The Morgan fingerprint density at radius 2 is 2.00 bits per heavy atom. The SMILES string of the molecule is CC[C@H]1CCC2C3CCC4=CC(=O)CC[C@]4(C)C3C[C@@H](C)C21. The van der Waals surface area contributed by atoms with Gasteiger partial charge in [-0.3, -0.25) is 4.79 Å². The minimum absolute atomic E-state index is 0.348. The molecule has 0 bridgehead atoms. The maximum atomic E-state index is 11.9. The molecule has 3 saturated carbocycles. The fraction of sp³-hybridized carbons (Fsp3) is 0.857. The lowest BCUT2D eigenvalue weighted by atomic mass is 9.48. The normalized spacial score (nSPS) is 50.9. The second-order valence-electron chi connectivity index (χ2n) is 9.06. The molecule has 0 N–H and O–H groups in total. The zero-order valence-corrected chi connectivity index (χ0v) is 14.6. The van der Waals surface area contributed by atoms with Gasteiger partial charge in [0, 0.05) is 6.42 Å². The highest BCUT2D eigenvalue weighted by molar-refractivity contribution is 5.91. The van der Waals surface area contributed by atoms with Crippen LogP contribution in [0.5, 0.6) is 0 Å². The molecule has 0 heterocycles. The van der Waals surface area contributed by atoms with Crippen molar-refractivity contribution in [1.82, 2.24) is 0 Å². The molecule has 0 spiro atoms. The van der Waals surface area contributed by atoms with Crippen LogP contribution in [0.2, 0.25) is 0 Å². The van der Waals surface area contributed by atoms with Gasteiger partial charge in [0.2, 0.25) is 0 Å². The molecule has 7 atom stereocenters. The summed E-state index contributed by atoms with van der Waals surface area (Å²) in [6.45, 7) is 7.44. The summed E-state index contributed by atoms with van der Waals surface area (Å²) in [6.07, 6.45) is 12.3. The van der Waals surface area contributed by atoms with E-state index in [9.17, 15) is 4.79 Å². The second-order valence-corrected chi connectivity index (χ2v) is 9.06. The largest absolute Gasteiger partial charge is 0.295 e. The first-order chi connectivity index (χ1) is 10.5. The maximum Gasteiger partial charge on any atom is 0.155 e. The molecule has 0 radical (unpaired) electrons. The fourth-order valence-electron chi connectivity index (χ4n) is 7.26. The topological polar surface area (TPSA) is 17.1 Å². The summed E-state index contributed by atoms with van der Waals surface area (Å²) in [5.74, 6) is 6.09. The lowest BCUT2D eigenvalue weighted by Crippen LogP contribution is -2.49. The van der Waals surface area contributed by atoms with E-state index in [-0.39, 0.29) is 0 Å². The highest BCUT2D eigenvalue weighted by atomic mass is 16.1. The highest BCUT2D eigenvalue weighted by Crippen LogP contribution is 2.64. The van der Waals surface area contributed by atoms with Gasteiger partial charge in [-0.15, -0.1) is 0 Å². The first-order valence-electron chi connectivity index (χ1n) is 9.78. The van der Waals surface area contributed by atoms with Crippen LogP contribution in [0, 0.1) is 40.9 Å². The van der Waals surface area contributed by atoms with E-state index in [1.165, 1.54) is 44.1 Å². The van der Waals surface area contributed by atoms with E-state index in [1.54, 1.807) is 0 Å². The minimum Gasteiger partial charge on any atom is -0.295 e. The zero-order valence-electron chi connectivity index (χ0n) is 14.6. The molecule has 122 valence electrons. The molecule has 0 saturated heterocycles. The molecule has 4 rings (SSSR count). The van der Waals surface area contributed by atoms with E-state index in [1.807, 2.05) is 6.08 Å². The predicted octanol–water partition coefficient (Wildman–Crippen LogP) is 5.40. The molecule has 1 heteroatoms. The zero-order chi connectivity index (χ0) is 15.5. The third-order valence-corrected chi connectivity index (χ3v) is 8.31. The van der Waals surface area contributed by atoms with Gasteiger partial charge in [0.05, 0.1) is 0 Å². The van der Waals surface area contributed by atoms with Gasteiger partial charge in [0.15, 0.2) is 5.78 Å². The Labute approximate surface area is 135 Å². The predicted molar refractivity (Wildman–Crippen MR) is 90.4 cm³/mol. The lowest BCUT2D eigenvalue weighted by molar-refractivity contribution is -0.117. The third-order valence-electron chi connectivity index (χ3n) is 8.31. The standard InChI is InChI=1S/C21H32O/c1-4-14-5-7-18-17-8-6-15-12-16(22)9-10-21(15,3)19(17)11-13(2)20(14)18/h12-14,17-20H,4-11H2,1-3H3/t13-,14+,17?,18?,19?,20?,21+/m1/s1. The number of allylic oxidation sites excluding steroid dienone is 1. The smallest absolute Gasteiger partial charge is 0.155 e. The number of hydrogen-bond acceptors (Lipinski definition) is 1. The number of carbonyl (C=O) groups excluding carboxylic acids is 1. The van der Waals surface area contributed by atoms with Crippen LogP contribution in [-0.4, -0.2) is 5.78 Å². The van der Waals surface area contributed by atoms with E-state index >= 15 is 0 Å². The van der Waals surface area contributed by atoms with Gasteiger partial charge in [-0.25, -0.2) is 0 Å². The van der Waals surface area contributed by atoms with Crippen molar-refractivity contribution in [2.75, 3.05) is 0 Å². The van der Waals surface area contributed by atoms with Crippen molar-refractivity contribution in [3.63, 3.8) is 0 Å². The highest BCUT2D eigenvalue weighted by Gasteiger charge is 2.56. The summed E-state index contributed by atoms with van der Waals surface area (Å²) >= 11 is 0. The third kappa shape index (κ3) is 2.00. The van der Waals surface area contributed by atoms with Crippen molar-refractivity contribution in [2.45, 2.75) is 72.1 Å². The Morgan fingerprint density at radius 1 is 1.18 bits per heavy atom. The Morgan fingerprint density at radius 3 is 2.77 bits per heavy atom. The van der Waals surface area contributed by atoms with Crippen LogP contribution < -0.4 is 0 Å². The van der Waals surface area contributed by atoms with E-state index in [4.69, 9.17) is 0 Å². The average Bonchev–Trinajstić information content (AvgIpc) is 2.94. The monoisotopic (exact) mass is 300 g/mol. The molecule has 3 fully saturated rings. The molecule has 4 unspecified atom stereocenters. The summed E-state index contributed by atoms with van der Waals surface area (Å²) in [6, 6.07) is 0. The van der Waals surface area contributed by atoms with Crippen molar-refractivity contribution < 1.29 is 4.79 Å². The first-order valence-corrected chi connectivity index (χ1v) is 9.78. The minimum atomic E-state index is 0.348. The lowest BCUT2D eigenvalue weighted by Gasteiger charge is -2.57. The average molecular weight is 300 g/mol. The van der Waals surface area contributed by atoms with Crippen molar-refractivity contribution in [3.8, 4) is 0 Å². The molecule has 0 aromatic rings. The molecular weight excluding hydrogens is 268 g/mol. The Kier molecular flexibility index (Phi) is 3.55. The Bertz CT molecular complexity index is 504. The van der Waals surface area contributed by atoms with E-state index < -0.39 is 0 Å². The quantitative estimate of drug-likeness (QED) is 0.633. The number of ketones is 1. The van der Waals surface area contributed by atoms with Crippen LogP contribution in [0.15, 0.2) is 11.6 Å². The van der Waals surface area contributed by atoms with Crippen LogP contribution >= 0.6 is 0 Å². The summed E-state index contributed by atoms with van der Waals surface area (Å²) in [7, 11) is 0. The van der Waals surface area contributed by atoms with Gasteiger partial charge in [0.1, 0.15) is 0 Å². The maximum absolute atomic E-state index is 11.9. The van der Waals surface area contributed by atoms with Crippen LogP contribution in [0.1, 0.15) is 72.1 Å². The summed E-state index contributed by atoms with van der Waals surface area (Å²) in [5, 5.41) is 0. The van der Waals surface area contributed by atoms with E-state index in [2.05, 4.69) is 20.8 Å². The molecule has 0 aromatic carbocycles. The first kappa shape index (κ1) is 15.0. The van der Waals surface area contributed by atoms with Crippen LogP contribution in [0.4, 0.5) is 0 Å². The van der Waals surface area contributed by atoms with Gasteiger partial charge in [0.25, 0.3) is 0 Å². The van der Waals surface area contributed by atoms with Gasteiger partial charge in [-0.2, -0.15) is 0 Å². The number of carbonyl (C=O) groups is 1. The summed E-state index contributed by atoms with van der Waals surface area (Å²) < 4.78 is 0. The van der Waals surface area contributed by atoms with Gasteiger partial charge >= 0.3 is 0 Å². The van der Waals surface area contributed by atoms with E-state index in [0.29, 0.717) is 11.2 Å². The van der Waals surface area contributed by atoms with Gasteiger partial charge in [-0.05, 0) is 85.5 Å². The van der Waals surface area contributed by atoms with Crippen molar-refractivity contribution in [2.24, 2.45) is 40.9 Å². The fourth-order valence-corrected chi connectivity index (χ4v) is 7.26. The van der Waals surface area contributed by atoms with E-state index in [0.717, 1.165) is 48.3 Å². The van der Waals surface area contributed by atoms with Gasteiger partial charge in [-0.1, -0.05) is 32.8 Å². The Balaban J connectivity index is 1.67. The molecular formula is C21H32O. The molecule has 1 nitrogen and oxygen atoms in total. The molecule has 0 amide bonds. The van der Waals surface area contributed by atoms with Gasteiger partial charge < -0.3 is 0 Å². The van der Waals surface area contributed by atoms with Crippen LogP contribution in [0.25, 0.3) is 0 Å². The number of fused-ring (bicyclic) bond motifs is 5. The molecule has 0 aliphatic heterocycles. The van der Waals surface area contributed by atoms with Crippen molar-refractivity contribution in [3.05, 3.63) is 11.6 Å². The van der Waals surface area contributed by atoms with Crippen molar-refractivity contribution >= 4 is 5.78 Å². The summed E-state index contributed by atoms with van der Waals surface area (Å²) in [5.41, 5.74) is 1.86.